The zero-order chi connectivity index (χ0) is 13.4. The number of nitrogens with zero attached hydrogens (tertiary/aromatic N) is 2. The van der Waals surface area contributed by atoms with E-state index in [9.17, 15) is 9.59 Å². The second-order valence-corrected chi connectivity index (χ2v) is 4.19. The molecule has 0 aromatic heterocycles. The maximum atomic E-state index is 11.5. The van der Waals surface area contributed by atoms with Gasteiger partial charge < -0.3 is 26.0 Å². The molecular formula is C10H22N4O3. The van der Waals surface area contributed by atoms with E-state index in [1.807, 2.05) is 19.0 Å². The number of urea groups is 1. The van der Waals surface area contributed by atoms with Gasteiger partial charge in [0.05, 0.1) is 0 Å². The van der Waals surface area contributed by atoms with Gasteiger partial charge in [0.1, 0.15) is 6.04 Å². The van der Waals surface area contributed by atoms with Crippen molar-refractivity contribution in [2.75, 3.05) is 40.8 Å². The summed E-state index contributed by atoms with van der Waals surface area (Å²) >= 11 is 0. The van der Waals surface area contributed by atoms with Crippen molar-refractivity contribution in [2.24, 2.45) is 5.73 Å². The van der Waals surface area contributed by atoms with Crippen molar-refractivity contribution in [3.05, 3.63) is 0 Å². The first kappa shape index (κ1) is 15.7. The summed E-state index contributed by atoms with van der Waals surface area (Å²) in [6.45, 7) is 1.64. The van der Waals surface area contributed by atoms with Crippen LogP contribution in [-0.4, -0.2) is 73.7 Å². The monoisotopic (exact) mass is 246 g/mol. The van der Waals surface area contributed by atoms with E-state index >= 15 is 0 Å². The van der Waals surface area contributed by atoms with Crippen molar-refractivity contribution in [1.29, 1.82) is 0 Å². The largest absolute Gasteiger partial charge is 0.480 e. The number of amides is 2. The molecule has 2 amide bonds. The van der Waals surface area contributed by atoms with Gasteiger partial charge in [-0.25, -0.2) is 4.79 Å². The summed E-state index contributed by atoms with van der Waals surface area (Å²) in [6, 6.07) is -1.14. The fourth-order valence-electron chi connectivity index (χ4n) is 1.08. The van der Waals surface area contributed by atoms with Crippen LogP contribution in [0.25, 0.3) is 0 Å². The topological polar surface area (TPSA) is 98.9 Å². The Bertz CT molecular complexity index is 258. The van der Waals surface area contributed by atoms with Gasteiger partial charge in [0.25, 0.3) is 0 Å². The van der Waals surface area contributed by atoms with Crippen LogP contribution in [0.1, 0.15) is 6.42 Å². The number of nitrogens with one attached hydrogen (secondary N) is 1. The van der Waals surface area contributed by atoms with E-state index in [4.69, 9.17) is 10.8 Å². The molecule has 0 aromatic rings. The van der Waals surface area contributed by atoms with Crippen LogP contribution in [0.15, 0.2) is 0 Å². The Morgan fingerprint density at radius 2 is 1.88 bits per heavy atom. The van der Waals surface area contributed by atoms with E-state index in [1.54, 1.807) is 7.05 Å². The highest BCUT2D eigenvalue weighted by Crippen LogP contribution is 1.93. The summed E-state index contributed by atoms with van der Waals surface area (Å²) in [6.07, 6.45) is 0.243. The lowest BCUT2D eigenvalue weighted by Crippen LogP contribution is -2.42. The van der Waals surface area contributed by atoms with Gasteiger partial charge in [-0.1, -0.05) is 0 Å². The number of rotatable bonds is 7. The van der Waals surface area contributed by atoms with Gasteiger partial charge in [-0.3, -0.25) is 4.79 Å². The van der Waals surface area contributed by atoms with E-state index in [0.717, 1.165) is 6.54 Å². The van der Waals surface area contributed by atoms with Gasteiger partial charge in [0.15, 0.2) is 0 Å². The fourth-order valence-corrected chi connectivity index (χ4v) is 1.08. The lowest BCUT2D eigenvalue weighted by Gasteiger charge is -2.19. The third-order valence-corrected chi connectivity index (χ3v) is 2.27. The number of nitrogens with two attached hydrogens (primary N) is 1. The van der Waals surface area contributed by atoms with Crippen LogP contribution in [0.2, 0.25) is 0 Å². The fraction of sp³-hybridized carbons (Fsp3) is 0.800. The molecule has 0 bridgehead atoms. The minimum atomic E-state index is -1.05. The minimum absolute atomic E-state index is 0.218. The number of carbonyl (C=O) groups excluding carboxylic acids is 1. The van der Waals surface area contributed by atoms with E-state index in [-0.39, 0.29) is 12.5 Å². The predicted molar refractivity (Wildman–Crippen MR) is 64.8 cm³/mol. The predicted octanol–water partition coefficient (Wildman–Crippen LogP) is -1.01. The first-order chi connectivity index (χ1) is 7.84. The number of carboxylic acids is 1. The van der Waals surface area contributed by atoms with Crippen LogP contribution in [0.3, 0.4) is 0 Å². The van der Waals surface area contributed by atoms with Crippen molar-refractivity contribution in [2.45, 2.75) is 12.5 Å². The van der Waals surface area contributed by atoms with Gasteiger partial charge in [-0.15, -0.1) is 0 Å². The number of likely N-dealkylation sites (N-methyl/N-ethyl adjacent to an activating group) is 1. The Labute approximate surface area is 102 Å². The Hall–Kier alpha value is -1.34. The number of aliphatic carboxylic acids is 1. The van der Waals surface area contributed by atoms with Gasteiger partial charge in [0.2, 0.25) is 0 Å². The highest BCUT2D eigenvalue weighted by Gasteiger charge is 2.14. The quantitative estimate of drug-likeness (QED) is 0.534. The van der Waals surface area contributed by atoms with E-state index in [2.05, 4.69) is 5.32 Å². The highest BCUT2D eigenvalue weighted by atomic mass is 16.4. The third kappa shape index (κ3) is 7.53. The summed E-state index contributed by atoms with van der Waals surface area (Å²) in [5.41, 5.74) is 5.34. The summed E-state index contributed by atoms with van der Waals surface area (Å²) in [4.78, 5) is 25.4. The summed E-state index contributed by atoms with van der Waals surface area (Å²) in [5, 5.41) is 11.3. The Kier molecular flexibility index (Phi) is 7.24. The molecule has 7 heteroatoms. The molecule has 7 nitrogen and oxygen atoms in total. The van der Waals surface area contributed by atoms with E-state index in [0.29, 0.717) is 13.1 Å². The van der Waals surface area contributed by atoms with Crippen LogP contribution in [0, 0.1) is 0 Å². The molecule has 0 fully saturated rings. The van der Waals surface area contributed by atoms with Crippen LogP contribution in [0.4, 0.5) is 4.79 Å². The normalized spacial score (nSPS) is 12.3. The average Bonchev–Trinajstić information content (AvgIpc) is 2.24. The molecule has 0 aromatic carbocycles. The molecule has 0 rings (SSSR count). The standard InChI is InChI=1S/C10H22N4O3/c1-13(2)7-5-12-10(17)14(3)6-4-8(11)9(15)16/h8H,4-7,11H2,1-3H3,(H,12,17)(H,15,16)/t8-/m0/s1. The van der Waals surface area contributed by atoms with E-state index < -0.39 is 12.0 Å². The smallest absolute Gasteiger partial charge is 0.320 e. The zero-order valence-electron chi connectivity index (χ0n) is 10.6. The second kappa shape index (κ2) is 7.86. The van der Waals surface area contributed by atoms with Crippen molar-refractivity contribution in [3.8, 4) is 0 Å². The lowest BCUT2D eigenvalue weighted by molar-refractivity contribution is -0.138. The van der Waals surface area contributed by atoms with Crippen LogP contribution >= 0.6 is 0 Å². The van der Waals surface area contributed by atoms with E-state index in [1.165, 1.54) is 4.90 Å². The van der Waals surface area contributed by atoms with Gasteiger partial charge in [-0.05, 0) is 20.5 Å². The zero-order valence-corrected chi connectivity index (χ0v) is 10.6. The molecule has 0 saturated carbocycles. The van der Waals surface area contributed by atoms with Crippen LogP contribution < -0.4 is 11.1 Å². The molecule has 0 heterocycles. The first-order valence-electron chi connectivity index (χ1n) is 5.46. The summed E-state index contributed by atoms with van der Waals surface area (Å²) in [7, 11) is 5.45. The number of carbonyl (C=O) groups is 2. The van der Waals surface area contributed by atoms with Gasteiger partial charge in [-0.2, -0.15) is 0 Å². The maximum absolute atomic E-state index is 11.5. The molecule has 0 unspecified atom stereocenters. The molecule has 0 radical (unpaired) electrons. The highest BCUT2D eigenvalue weighted by molar-refractivity contribution is 5.74. The molecule has 1 atom stereocenters. The van der Waals surface area contributed by atoms with Crippen molar-refractivity contribution in [1.82, 2.24) is 15.1 Å². The lowest BCUT2D eigenvalue weighted by atomic mass is 10.2. The number of hydrogen-bond acceptors (Lipinski definition) is 4. The molecule has 4 N–H and O–H groups in total. The molecule has 0 aliphatic heterocycles. The first-order valence-corrected chi connectivity index (χ1v) is 5.46. The van der Waals surface area contributed by atoms with Crippen LogP contribution in [-0.2, 0) is 4.79 Å². The SMILES string of the molecule is CN(C)CCNC(=O)N(C)CC[C@H](N)C(=O)O. The Balaban J connectivity index is 3.78. The number of carboxylic acid groups (broad SMARTS) is 1. The Morgan fingerprint density at radius 3 is 2.35 bits per heavy atom. The summed E-state index contributed by atoms with van der Waals surface area (Å²) < 4.78 is 0. The van der Waals surface area contributed by atoms with Gasteiger partial charge in [0, 0.05) is 26.7 Å². The molecule has 0 saturated heterocycles. The maximum Gasteiger partial charge on any atom is 0.320 e. The molecule has 0 aliphatic rings. The van der Waals surface area contributed by atoms with Crippen molar-refractivity contribution in [3.63, 3.8) is 0 Å². The van der Waals surface area contributed by atoms with Crippen LogP contribution in [0.5, 0.6) is 0 Å². The Morgan fingerprint density at radius 1 is 1.29 bits per heavy atom. The molecular weight excluding hydrogens is 224 g/mol. The number of hydrogen-bond donors (Lipinski definition) is 3. The molecule has 100 valence electrons. The third-order valence-electron chi connectivity index (χ3n) is 2.27. The minimum Gasteiger partial charge on any atom is -0.480 e. The van der Waals surface area contributed by atoms with Gasteiger partial charge >= 0.3 is 12.0 Å². The van der Waals surface area contributed by atoms with Crippen molar-refractivity contribution >= 4 is 12.0 Å². The molecule has 0 aliphatic carbocycles. The molecule has 0 spiro atoms. The molecule has 17 heavy (non-hydrogen) atoms. The second-order valence-electron chi connectivity index (χ2n) is 4.19. The van der Waals surface area contributed by atoms with Crippen molar-refractivity contribution < 1.29 is 14.7 Å². The summed E-state index contributed by atoms with van der Waals surface area (Å²) in [5.74, 6) is -1.05. The average molecular weight is 246 g/mol.